The van der Waals surface area contributed by atoms with E-state index in [4.69, 9.17) is 4.74 Å². The second-order valence-electron chi connectivity index (χ2n) is 3.93. The number of nitrogens with one attached hydrogen (secondary N) is 1. The summed E-state index contributed by atoms with van der Waals surface area (Å²) in [6, 6.07) is 12.4. The van der Waals surface area contributed by atoms with Gasteiger partial charge in [0.15, 0.2) is 0 Å². The number of anilines is 1. The van der Waals surface area contributed by atoms with Crippen molar-refractivity contribution in [2.75, 3.05) is 31.7 Å². The van der Waals surface area contributed by atoms with Crippen LogP contribution in [-0.2, 0) is 4.74 Å². The third kappa shape index (κ3) is 3.68. The maximum absolute atomic E-state index is 11.8. The molecule has 0 bridgehead atoms. The summed E-state index contributed by atoms with van der Waals surface area (Å²) in [5.74, 6) is 0. The van der Waals surface area contributed by atoms with E-state index >= 15 is 0 Å². The summed E-state index contributed by atoms with van der Waals surface area (Å²) in [6.45, 7) is 0.947. The van der Waals surface area contributed by atoms with E-state index in [2.05, 4.69) is 45.5 Å². The number of alkyl halides is 1. The zero-order valence-corrected chi connectivity index (χ0v) is 11.5. The lowest BCUT2D eigenvalue weighted by atomic mass is 10.1. The Morgan fingerprint density at radius 2 is 1.83 bits per heavy atom. The van der Waals surface area contributed by atoms with Crippen LogP contribution in [0.1, 0.15) is 0 Å². The van der Waals surface area contributed by atoms with Crippen molar-refractivity contribution < 1.29 is 9.13 Å². The maximum Gasteiger partial charge on any atom is 0.113 e. The van der Waals surface area contributed by atoms with Gasteiger partial charge in [-0.05, 0) is 35.0 Å². The number of ether oxygens (including phenoxy) is 1. The van der Waals surface area contributed by atoms with E-state index in [-0.39, 0.29) is 6.61 Å². The fourth-order valence-electron chi connectivity index (χ4n) is 1.75. The van der Waals surface area contributed by atoms with Gasteiger partial charge in [0.05, 0.1) is 13.2 Å². The van der Waals surface area contributed by atoms with E-state index < -0.39 is 6.67 Å². The molecule has 2 aromatic carbocycles. The first-order valence-electron chi connectivity index (χ1n) is 5.86. The molecule has 0 aliphatic carbocycles. The Hall–Kier alpha value is -1.13. The normalized spacial score (nSPS) is 10.8. The van der Waals surface area contributed by atoms with Gasteiger partial charge in [-0.3, -0.25) is 0 Å². The third-order valence-electron chi connectivity index (χ3n) is 2.60. The summed E-state index contributed by atoms with van der Waals surface area (Å²) in [7, 11) is 0. The summed E-state index contributed by atoms with van der Waals surface area (Å²) in [5.41, 5.74) is 1.05. The zero-order valence-electron chi connectivity index (χ0n) is 9.96. The van der Waals surface area contributed by atoms with E-state index in [9.17, 15) is 4.39 Å². The Morgan fingerprint density at radius 3 is 2.67 bits per heavy atom. The van der Waals surface area contributed by atoms with Crippen molar-refractivity contribution in [1.82, 2.24) is 0 Å². The summed E-state index contributed by atoms with van der Waals surface area (Å²) in [6.07, 6.45) is 0. The quantitative estimate of drug-likeness (QED) is 0.814. The van der Waals surface area contributed by atoms with Crippen molar-refractivity contribution in [2.45, 2.75) is 0 Å². The lowest BCUT2D eigenvalue weighted by Crippen LogP contribution is -2.10. The van der Waals surface area contributed by atoms with Crippen LogP contribution in [-0.4, -0.2) is 26.4 Å². The van der Waals surface area contributed by atoms with Crippen molar-refractivity contribution in [3.8, 4) is 0 Å². The van der Waals surface area contributed by atoms with Gasteiger partial charge in [-0.2, -0.15) is 0 Å². The van der Waals surface area contributed by atoms with Gasteiger partial charge in [0, 0.05) is 16.7 Å². The first-order chi connectivity index (χ1) is 8.79. The van der Waals surface area contributed by atoms with Crippen LogP contribution in [0.4, 0.5) is 10.1 Å². The summed E-state index contributed by atoms with van der Waals surface area (Å²) in [4.78, 5) is 0. The van der Waals surface area contributed by atoms with E-state index in [0.29, 0.717) is 13.2 Å². The minimum atomic E-state index is -0.426. The number of benzene rings is 2. The third-order valence-corrected chi connectivity index (χ3v) is 3.09. The monoisotopic (exact) mass is 311 g/mol. The molecule has 0 atom stereocenters. The van der Waals surface area contributed by atoms with Crippen molar-refractivity contribution in [3.05, 3.63) is 40.9 Å². The standard InChI is InChI=1S/C14H15BrFNO/c15-13-3-1-12-10-14(4-2-11(12)9-13)17-6-8-18-7-5-16/h1-4,9-10,17H,5-8H2. The highest BCUT2D eigenvalue weighted by molar-refractivity contribution is 9.10. The van der Waals surface area contributed by atoms with Crippen molar-refractivity contribution in [3.63, 3.8) is 0 Å². The SMILES string of the molecule is FCCOCCNc1ccc2cc(Br)ccc2c1. The lowest BCUT2D eigenvalue weighted by molar-refractivity contribution is 0.128. The number of hydrogen-bond donors (Lipinski definition) is 1. The summed E-state index contributed by atoms with van der Waals surface area (Å²) in [5, 5.41) is 5.64. The van der Waals surface area contributed by atoms with Crippen LogP contribution in [0.5, 0.6) is 0 Å². The maximum atomic E-state index is 11.8. The van der Waals surface area contributed by atoms with Gasteiger partial charge in [0.25, 0.3) is 0 Å². The Labute approximate surface area is 114 Å². The van der Waals surface area contributed by atoms with Gasteiger partial charge >= 0.3 is 0 Å². The van der Waals surface area contributed by atoms with Crippen LogP contribution < -0.4 is 5.32 Å². The fraction of sp³-hybridized carbons (Fsp3) is 0.286. The van der Waals surface area contributed by atoms with Gasteiger partial charge in [-0.25, -0.2) is 4.39 Å². The Morgan fingerprint density at radius 1 is 1.06 bits per heavy atom. The summed E-state index contributed by atoms with van der Waals surface area (Å²) >= 11 is 3.45. The molecule has 0 unspecified atom stereocenters. The van der Waals surface area contributed by atoms with Crippen LogP contribution in [0, 0.1) is 0 Å². The molecule has 0 amide bonds. The number of hydrogen-bond acceptors (Lipinski definition) is 2. The molecule has 96 valence electrons. The second kappa shape index (κ2) is 6.71. The molecule has 0 fully saturated rings. The minimum absolute atomic E-state index is 0.174. The average molecular weight is 312 g/mol. The van der Waals surface area contributed by atoms with Crippen molar-refractivity contribution in [2.24, 2.45) is 0 Å². The van der Waals surface area contributed by atoms with Crippen LogP contribution >= 0.6 is 15.9 Å². The topological polar surface area (TPSA) is 21.3 Å². The van der Waals surface area contributed by atoms with E-state index in [1.807, 2.05) is 12.1 Å². The molecule has 0 aliphatic heterocycles. The first-order valence-corrected chi connectivity index (χ1v) is 6.66. The number of halogens is 2. The second-order valence-corrected chi connectivity index (χ2v) is 4.85. The zero-order chi connectivity index (χ0) is 12.8. The van der Waals surface area contributed by atoms with Crippen LogP contribution in [0.2, 0.25) is 0 Å². The Balaban J connectivity index is 1.95. The summed E-state index contributed by atoms with van der Waals surface area (Å²) < 4.78 is 17.9. The van der Waals surface area contributed by atoms with Gasteiger partial charge in [0.1, 0.15) is 6.67 Å². The number of fused-ring (bicyclic) bond motifs is 1. The molecule has 0 heterocycles. The van der Waals surface area contributed by atoms with E-state index in [1.54, 1.807) is 0 Å². The molecule has 18 heavy (non-hydrogen) atoms. The van der Waals surface area contributed by atoms with Crippen molar-refractivity contribution in [1.29, 1.82) is 0 Å². The molecule has 0 radical (unpaired) electrons. The van der Waals surface area contributed by atoms with Crippen LogP contribution in [0.25, 0.3) is 10.8 Å². The minimum Gasteiger partial charge on any atom is -0.383 e. The molecule has 0 aliphatic rings. The predicted molar refractivity (Wildman–Crippen MR) is 76.9 cm³/mol. The number of rotatable bonds is 6. The molecule has 2 rings (SSSR count). The largest absolute Gasteiger partial charge is 0.383 e. The molecule has 1 N–H and O–H groups in total. The van der Waals surface area contributed by atoms with Gasteiger partial charge in [-0.15, -0.1) is 0 Å². The average Bonchev–Trinajstić information content (AvgIpc) is 2.38. The van der Waals surface area contributed by atoms with Gasteiger partial charge in [-0.1, -0.05) is 28.1 Å². The fourth-order valence-corrected chi connectivity index (χ4v) is 2.13. The molecule has 0 spiro atoms. The predicted octanol–water partition coefficient (Wildman–Crippen LogP) is 4.00. The smallest absolute Gasteiger partial charge is 0.113 e. The van der Waals surface area contributed by atoms with Crippen LogP contribution in [0.3, 0.4) is 0 Å². The highest BCUT2D eigenvalue weighted by atomic mass is 79.9. The molecule has 4 heteroatoms. The molecule has 0 aromatic heterocycles. The van der Waals surface area contributed by atoms with Crippen molar-refractivity contribution >= 4 is 32.4 Å². The highest BCUT2D eigenvalue weighted by Crippen LogP contribution is 2.22. The Bertz CT molecular complexity index is 518. The molecular weight excluding hydrogens is 297 g/mol. The molecule has 0 saturated heterocycles. The van der Waals surface area contributed by atoms with Crippen LogP contribution in [0.15, 0.2) is 40.9 Å². The lowest BCUT2D eigenvalue weighted by Gasteiger charge is -2.08. The molecule has 2 aromatic rings. The highest BCUT2D eigenvalue weighted by Gasteiger charge is 1.97. The Kier molecular flexibility index (Phi) is 4.96. The van der Waals surface area contributed by atoms with E-state index in [0.717, 1.165) is 10.2 Å². The molecule has 2 nitrogen and oxygen atoms in total. The molecule has 0 saturated carbocycles. The van der Waals surface area contributed by atoms with Gasteiger partial charge in [0.2, 0.25) is 0 Å². The first kappa shape index (κ1) is 13.3. The molecular formula is C14H15BrFNO. The van der Waals surface area contributed by atoms with Gasteiger partial charge < -0.3 is 10.1 Å². The van der Waals surface area contributed by atoms with E-state index in [1.165, 1.54) is 10.8 Å².